The Bertz CT molecular complexity index is 202. The van der Waals surface area contributed by atoms with E-state index in [1.54, 1.807) is 7.11 Å². The van der Waals surface area contributed by atoms with Crippen molar-refractivity contribution in [3.8, 4) is 0 Å². The van der Waals surface area contributed by atoms with E-state index in [1.807, 2.05) is 0 Å². The fraction of sp³-hybridized carbons (Fsp3) is 0.917. The maximum atomic E-state index is 11.6. The van der Waals surface area contributed by atoms with Crippen LogP contribution in [0.3, 0.4) is 0 Å². The van der Waals surface area contributed by atoms with Crippen molar-refractivity contribution in [2.24, 2.45) is 5.73 Å². The summed E-state index contributed by atoms with van der Waals surface area (Å²) in [4.78, 5) is 11.6. The monoisotopic (exact) mass is 229 g/mol. The smallest absolute Gasteiger partial charge is 0.149 e. The highest BCUT2D eigenvalue weighted by atomic mass is 16.5. The summed E-state index contributed by atoms with van der Waals surface area (Å²) in [6.07, 6.45) is 5.76. The number of rotatable bonds is 8. The number of methoxy groups -OCH3 is 1. The molecule has 1 fully saturated rings. The second-order valence-corrected chi connectivity index (χ2v) is 4.38. The molecule has 2 N–H and O–H groups in total. The van der Waals surface area contributed by atoms with Crippen molar-refractivity contribution in [3.63, 3.8) is 0 Å². The van der Waals surface area contributed by atoms with E-state index in [-0.39, 0.29) is 11.8 Å². The number of carbonyl (C=O) groups excluding carboxylic acids is 1. The largest absolute Gasteiger partial charge is 0.385 e. The number of carbonyl (C=O) groups is 1. The van der Waals surface area contributed by atoms with Crippen molar-refractivity contribution < 1.29 is 14.3 Å². The Morgan fingerprint density at radius 1 is 1.62 bits per heavy atom. The summed E-state index contributed by atoms with van der Waals surface area (Å²) in [7, 11) is 1.62. The standard InChI is InChI=1S/C12H23NO3/c1-15-9-7-11(13)12(14)6-2-4-10-5-3-8-16-10/h10-11H,2-9,13H2,1H3. The molecule has 0 amide bonds. The van der Waals surface area contributed by atoms with Crippen molar-refractivity contribution in [1.29, 1.82) is 0 Å². The Morgan fingerprint density at radius 2 is 2.44 bits per heavy atom. The first-order chi connectivity index (χ1) is 7.74. The van der Waals surface area contributed by atoms with Crippen LogP contribution in [0.25, 0.3) is 0 Å². The van der Waals surface area contributed by atoms with Crippen molar-refractivity contribution in [2.75, 3.05) is 20.3 Å². The molecule has 0 bridgehead atoms. The van der Waals surface area contributed by atoms with Crippen LogP contribution < -0.4 is 5.73 Å². The van der Waals surface area contributed by atoms with E-state index >= 15 is 0 Å². The average Bonchev–Trinajstić information content (AvgIpc) is 2.78. The van der Waals surface area contributed by atoms with Crippen LogP contribution in [0.15, 0.2) is 0 Å². The van der Waals surface area contributed by atoms with Gasteiger partial charge in [-0.2, -0.15) is 0 Å². The highest BCUT2D eigenvalue weighted by Gasteiger charge is 2.17. The summed E-state index contributed by atoms with van der Waals surface area (Å²) in [5, 5.41) is 0. The summed E-state index contributed by atoms with van der Waals surface area (Å²) < 4.78 is 10.4. The number of nitrogens with two attached hydrogens (primary N) is 1. The second kappa shape index (κ2) is 7.76. The summed E-state index contributed by atoms with van der Waals surface area (Å²) in [6.45, 7) is 1.44. The number of hydrogen-bond acceptors (Lipinski definition) is 4. The first-order valence-electron chi connectivity index (χ1n) is 6.13. The van der Waals surface area contributed by atoms with Gasteiger partial charge in [0.1, 0.15) is 5.78 Å². The van der Waals surface area contributed by atoms with Crippen LogP contribution in [0, 0.1) is 0 Å². The van der Waals surface area contributed by atoms with E-state index in [1.165, 1.54) is 0 Å². The Kier molecular flexibility index (Phi) is 6.61. The maximum Gasteiger partial charge on any atom is 0.149 e. The van der Waals surface area contributed by atoms with Crippen molar-refractivity contribution in [1.82, 2.24) is 0 Å². The van der Waals surface area contributed by atoms with E-state index in [9.17, 15) is 4.79 Å². The summed E-state index contributed by atoms with van der Waals surface area (Å²) >= 11 is 0. The summed E-state index contributed by atoms with van der Waals surface area (Å²) in [5.74, 6) is 0.148. The van der Waals surface area contributed by atoms with Crippen LogP contribution >= 0.6 is 0 Å². The highest BCUT2D eigenvalue weighted by Crippen LogP contribution is 2.17. The molecule has 4 nitrogen and oxygen atoms in total. The van der Waals surface area contributed by atoms with E-state index in [0.717, 1.165) is 32.3 Å². The van der Waals surface area contributed by atoms with E-state index in [4.69, 9.17) is 15.2 Å². The lowest BCUT2D eigenvalue weighted by atomic mass is 10.0. The number of ether oxygens (including phenoxy) is 2. The fourth-order valence-corrected chi connectivity index (χ4v) is 1.97. The van der Waals surface area contributed by atoms with Crippen LogP contribution in [0.5, 0.6) is 0 Å². The van der Waals surface area contributed by atoms with Gasteiger partial charge >= 0.3 is 0 Å². The lowest BCUT2D eigenvalue weighted by molar-refractivity contribution is -0.120. The van der Waals surface area contributed by atoms with Gasteiger partial charge in [0.2, 0.25) is 0 Å². The molecule has 0 saturated carbocycles. The molecule has 1 saturated heterocycles. The minimum absolute atomic E-state index is 0.148. The van der Waals surface area contributed by atoms with Gasteiger partial charge in [0.15, 0.2) is 0 Å². The van der Waals surface area contributed by atoms with Gasteiger partial charge in [-0.25, -0.2) is 0 Å². The topological polar surface area (TPSA) is 61.5 Å². The molecule has 1 aliphatic heterocycles. The predicted octanol–water partition coefficient (Wildman–Crippen LogP) is 1.27. The van der Waals surface area contributed by atoms with Crippen molar-refractivity contribution >= 4 is 5.78 Å². The molecule has 16 heavy (non-hydrogen) atoms. The molecule has 1 heterocycles. The molecule has 94 valence electrons. The van der Waals surface area contributed by atoms with Gasteiger partial charge in [-0.15, -0.1) is 0 Å². The van der Waals surface area contributed by atoms with Gasteiger partial charge < -0.3 is 15.2 Å². The molecule has 0 radical (unpaired) electrons. The predicted molar refractivity (Wildman–Crippen MR) is 62.3 cm³/mol. The fourth-order valence-electron chi connectivity index (χ4n) is 1.97. The molecular formula is C12H23NO3. The molecule has 0 aliphatic carbocycles. The summed E-state index contributed by atoms with van der Waals surface area (Å²) in [5.41, 5.74) is 5.74. The van der Waals surface area contributed by atoms with Gasteiger partial charge in [0.25, 0.3) is 0 Å². The molecule has 0 aromatic heterocycles. The zero-order valence-corrected chi connectivity index (χ0v) is 10.1. The second-order valence-electron chi connectivity index (χ2n) is 4.38. The molecular weight excluding hydrogens is 206 g/mol. The van der Waals surface area contributed by atoms with Gasteiger partial charge in [-0.3, -0.25) is 4.79 Å². The molecule has 0 aromatic rings. The molecule has 1 rings (SSSR count). The van der Waals surface area contributed by atoms with Gasteiger partial charge in [0.05, 0.1) is 12.1 Å². The Morgan fingerprint density at radius 3 is 3.06 bits per heavy atom. The normalized spacial score (nSPS) is 22.2. The molecule has 0 spiro atoms. The van der Waals surface area contributed by atoms with Crippen molar-refractivity contribution in [2.45, 2.75) is 50.7 Å². The van der Waals surface area contributed by atoms with Crippen LogP contribution in [-0.4, -0.2) is 38.3 Å². The Balaban J connectivity index is 2.04. The van der Waals surface area contributed by atoms with E-state index < -0.39 is 0 Å². The lowest BCUT2D eigenvalue weighted by Crippen LogP contribution is -2.31. The summed E-state index contributed by atoms with van der Waals surface area (Å²) in [6, 6.07) is -0.357. The van der Waals surface area contributed by atoms with Crippen LogP contribution in [0.2, 0.25) is 0 Å². The van der Waals surface area contributed by atoms with Gasteiger partial charge in [-0.1, -0.05) is 0 Å². The number of Topliss-reactive ketones (excluding diaryl/α,β-unsaturated/α-hetero) is 1. The van der Waals surface area contributed by atoms with Crippen molar-refractivity contribution in [3.05, 3.63) is 0 Å². The minimum atomic E-state index is -0.357. The average molecular weight is 229 g/mol. The Labute approximate surface area is 97.5 Å². The molecule has 2 unspecified atom stereocenters. The first-order valence-corrected chi connectivity index (χ1v) is 6.13. The minimum Gasteiger partial charge on any atom is -0.385 e. The maximum absolute atomic E-state index is 11.6. The zero-order valence-electron chi connectivity index (χ0n) is 10.1. The quantitative estimate of drug-likeness (QED) is 0.681. The van der Waals surface area contributed by atoms with E-state index in [2.05, 4.69) is 0 Å². The van der Waals surface area contributed by atoms with Gasteiger partial charge in [-0.05, 0) is 32.1 Å². The third-order valence-electron chi connectivity index (χ3n) is 3.02. The molecule has 4 heteroatoms. The third-order valence-corrected chi connectivity index (χ3v) is 3.02. The molecule has 1 aliphatic rings. The molecule has 0 aromatic carbocycles. The van der Waals surface area contributed by atoms with Gasteiger partial charge in [0, 0.05) is 26.7 Å². The SMILES string of the molecule is COCCC(N)C(=O)CCCC1CCCO1. The number of hydrogen-bond donors (Lipinski definition) is 1. The zero-order chi connectivity index (χ0) is 11.8. The number of ketones is 1. The van der Waals surface area contributed by atoms with Crippen LogP contribution in [0.4, 0.5) is 0 Å². The highest BCUT2D eigenvalue weighted by molar-refractivity contribution is 5.83. The van der Waals surface area contributed by atoms with E-state index in [0.29, 0.717) is 25.6 Å². The molecule has 2 atom stereocenters. The third kappa shape index (κ3) is 5.05. The lowest BCUT2D eigenvalue weighted by Gasteiger charge is -2.11. The van der Waals surface area contributed by atoms with Crippen LogP contribution in [0.1, 0.15) is 38.5 Å². The Hall–Kier alpha value is -0.450. The first kappa shape index (κ1) is 13.6. The van der Waals surface area contributed by atoms with Crippen LogP contribution in [-0.2, 0) is 14.3 Å².